The molecule has 2 aliphatic heterocycles. The molecular formula is C30H28O4. The number of benzene rings is 4. The molecule has 4 aromatic carbocycles. The molecule has 0 radical (unpaired) electrons. The topological polar surface area (TPSA) is 36.9 Å². The normalized spacial score (nSPS) is 17.1. The Bertz CT molecular complexity index is 1190. The summed E-state index contributed by atoms with van der Waals surface area (Å²) in [6.07, 6.45) is 1.12. The molecule has 0 bridgehead atoms. The van der Waals surface area contributed by atoms with Gasteiger partial charge in [-0.2, -0.15) is 0 Å². The van der Waals surface area contributed by atoms with E-state index in [-0.39, 0.29) is 12.6 Å². The fraction of sp³-hybridized carbons (Fsp3) is 0.267. The first kappa shape index (κ1) is 21.5. The van der Waals surface area contributed by atoms with E-state index in [1.54, 1.807) is 0 Å². The Morgan fingerprint density at radius 1 is 0.471 bits per heavy atom. The predicted molar refractivity (Wildman–Crippen MR) is 134 cm³/mol. The SMILES string of the molecule is c1ccc(-c2cccc3cccc(-c4ccccc4CC4OCCO4)c23)c(CC2OCCO2)c1. The standard InChI is InChI=1S/C30H28O4/c1-3-11-24(22(7-1)19-28-31-15-16-32-28)26-13-5-9-21-10-6-14-27(30(21)26)25-12-4-2-8-23(25)20-29-33-17-18-34-29/h1-14,28-29H,15-20H2. The van der Waals surface area contributed by atoms with Crippen LogP contribution >= 0.6 is 0 Å². The summed E-state index contributed by atoms with van der Waals surface area (Å²) in [6, 6.07) is 30.3. The van der Waals surface area contributed by atoms with Crippen LogP contribution in [-0.4, -0.2) is 39.0 Å². The molecule has 2 fully saturated rings. The van der Waals surface area contributed by atoms with Gasteiger partial charge in [0, 0.05) is 12.8 Å². The second-order valence-corrected chi connectivity index (χ2v) is 8.77. The molecule has 0 amide bonds. The van der Waals surface area contributed by atoms with Gasteiger partial charge in [-0.1, -0.05) is 84.9 Å². The first-order valence-corrected chi connectivity index (χ1v) is 12.0. The highest BCUT2D eigenvalue weighted by Gasteiger charge is 2.21. The molecule has 6 rings (SSSR count). The van der Waals surface area contributed by atoms with Crippen molar-refractivity contribution in [3.05, 3.63) is 96.1 Å². The molecule has 2 heterocycles. The van der Waals surface area contributed by atoms with Crippen molar-refractivity contribution in [2.75, 3.05) is 26.4 Å². The maximum atomic E-state index is 5.76. The Morgan fingerprint density at radius 3 is 1.35 bits per heavy atom. The molecule has 4 nitrogen and oxygen atoms in total. The van der Waals surface area contributed by atoms with Crippen LogP contribution in [0, 0.1) is 0 Å². The molecule has 0 saturated carbocycles. The lowest BCUT2D eigenvalue weighted by Gasteiger charge is -2.19. The van der Waals surface area contributed by atoms with Crippen molar-refractivity contribution < 1.29 is 18.9 Å². The van der Waals surface area contributed by atoms with E-state index in [0.717, 1.165) is 12.8 Å². The van der Waals surface area contributed by atoms with Crippen molar-refractivity contribution in [2.45, 2.75) is 25.4 Å². The minimum absolute atomic E-state index is 0.178. The average molecular weight is 453 g/mol. The molecule has 0 N–H and O–H groups in total. The van der Waals surface area contributed by atoms with Crippen molar-refractivity contribution >= 4 is 10.8 Å². The number of ether oxygens (including phenoxy) is 4. The molecule has 0 atom stereocenters. The van der Waals surface area contributed by atoms with E-state index in [9.17, 15) is 0 Å². The largest absolute Gasteiger partial charge is 0.350 e. The third-order valence-corrected chi connectivity index (χ3v) is 6.67. The van der Waals surface area contributed by atoms with Gasteiger partial charge in [-0.15, -0.1) is 0 Å². The summed E-state index contributed by atoms with van der Waals surface area (Å²) in [5.74, 6) is 0. The molecule has 0 aromatic heterocycles. The van der Waals surface area contributed by atoms with Crippen molar-refractivity contribution in [1.82, 2.24) is 0 Å². The second kappa shape index (κ2) is 9.69. The molecule has 2 saturated heterocycles. The van der Waals surface area contributed by atoms with Crippen LogP contribution in [0.3, 0.4) is 0 Å². The molecule has 172 valence electrons. The zero-order chi connectivity index (χ0) is 22.7. The van der Waals surface area contributed by atoms with Crippen LogP contribution < -0.4 is 0 Å². The molecule has 0 spiro atoms. The van der Waals surface area contributed by atoms with E-state index in [4.69, 9.17) is 18.9 Å². The highest BCUT2D eigenvalue weighted by molar-refractivity contribution is 6.07. The quantitative estimate of drug-likeness (QED) is 0.359. The van der Waals surface area contributed by atoms with Crippen LogP contribution in [0.25, 0.3) is 33.0 Å². The van der Waals surface area contributed by atoms with Crippen LogP contribution in [0.2, 0.25) is 0 Å². The summed E-state index contributed by atoms with van der Waals surface area (Å²) in [4.78, 5) is 0. The highest BCUT2D eigenvalue weighted by Crippen LogP contribution is 2.39. The van der Waals surface area contributed by atoms with Crippen LogP contribution in [0.5, 0.6) is 0 Å². The molecule has 34 heavy (non-hydrogen) atoms. The number of fused-ring (bicyclic) bond motifs is 1. The van der Waals surface area contributed by atoms with E-state index < -0.39 is 0 Å². The lowest BCUT2D eigenvalue weighted by atomic mass is 9.87. The molecule has 0 aliphatic carbocycles. The summed E-state index contributed by atoms with van der Waals surface area (Å²) in [5, 5.41) is 2.48. The summed E-state index contributed by atoms with van der Waals surface area (Å²) >= 11 is 0. The molecule has 0 unspecified atom stereocenters. The van der Waals surface area contributed by atoms with E-state index in [0.29, 0.717) is 26.4 Å². The maximum Gasteiger partial charge on any atom is 0.161 e. The van der Waals surface area contributed by atoms with Crippen molar-refractivity contribution in [1.29, 1.82) is 0 Å². The van der Waals surface area contributed by atoms with E-state index in [1.807, 2.05) is 0 Å². The Hall–Kier alpha value is -3.02. The van der Waals surface area contributed by atoms with Gasteiger partial charge >= 0.3 is 0 Å². The summed E-state index contributed by atoms with van der Waals surface area (Å²) in [5.41, 5.74) is 7.37. The molecule has 4 aromatic rings. The fourth-order valence-electron chi connectivity index (χ4n) is 5.12. The van der Waals surface area contributed by atoms with Gasteiger partial charge in [0.2, 0.25) is 0 Å². The lowest BCUT2D eigenvalue weighted by molar-refractivity contribution is -0.0401. The molecule has 2 aliphatic rings. The minimum Gasteiger partial charge on any atom is -0.350 e. The summed E-state index contributed by atoms with van der Waals surface area (Å²) < 4.78 is 23.0. The number of hydrogen-bond acceptors (Lipinski definition) is 4. The van der Waals surface area contributed by atoms with Crippen molar-refractivity contribution in [3.63, 3.8) is 0 Å². The Morgan fingerprint density at radius 2 is 0.882 bits per heavy atom. The average Bonchev–Trinajstić information content (AvgIpc) is 3.59. The smallest absolute Gasteiger partial charge is 0.161 e. The first-order valence-electron chi connectivity index (χ1n) is 12.0. The van der Waals surface area contributed by atoms with Gasteiger partial charge in [-0.3, -0.25) is 0 Å². The van der Waals surface area contributed by atoms with Crippen molar-refractivity contribution in [2.24, 2.45) is 0 Å². The fourth-order valence-corrected chi connectivity index (χ4v) is 5.12. The lowest BCUT2D eigenvalue weighted by Crippen LogP contribution is -2.12. The Kier molecular flexibility index (Phi) is 6.13. The van der Waals surface area contributed by atoms with E-state index in [1.165, 1.54) is 44.2 Å². The van der Waals surface area contributed by atoms with Gasteiger partial charge in [0.25, 0.3) is 0 Å². The van der Waals surface area contributed by atoms with Gasteiger partial charge in [-0.25, -0.2) is 0 Å². The van der Waals surface area contributed by atoms with Crippen LogP contribution in [0.1, 0.15) is 11.1 Å². The van der Waals surface area contributed by atoms with Gasteiger partial charge in [0.05, 0.1) is 26.4 Å². The summed E-state index contributed by atoms with van der Waals surface area (Å²) in [7, 11) is 0. The first-order chi connectivity index (χ1) is 16.9. The molecular weight excluding hydrogens is 424 g/mol. The van der Waals surface area contributed by atoms with E-state index in [2.05, 4.69) is 84.9 Å². The van der Waals surface area contributed by atoms with Crippen LogP contribution in [0.4, 0.5) is 0 Å². The number of rotatable bonds is 6. The summed E-state index contributed by atoms with van der Waals surface area (Å²) in [6.45, 7) is 2.65. The highest BCUT2D eigenvalue weighted by atomic mass is 16.7. The van der Waals surface area contributed by atoms with Crippen molar-refractivity contribution in [3.8, 4) is 22.3 Å². The third-order valence-electron chi connectivity index (χ3n) is 6.67. The zero-order valence-corrected chi connectivity index (χ0v) is 19.1. The Labute approximate surface area is 200 Å². The monoisotopic (exact) mass is 452 g/mol. The van der Waals surface area contributed by atoms with Gasteiger partial charge in [0.15, 0.2) is 12.6 Å². The second-order valence-electron chi connectivity index (χ2n) is 8.77. The zero-order valence-electron chi connectivity index (χ0n) is 19.1. The maximum absolute atomic E-state index is 5.76. The molecule has 4 heteroatoms. The van der Waals surface area contributed by atoms with Crippen LogP contribution in [0.15, 0.2) is 84.9 Å². The van der Waals surface area contributed by atoms with Gasteiger partial charge in [-0.05, 0) is 44.2 Å². The van der Waals surface area contributed by atoms with E-state index >= 15 is 0 Å². The van der Waals surface area contributed by atoms with Crippen LogP contribution in [-0.2, 0) is 31.8 Å². The van der Waals surface area contributed by atoms with Gasteiger partial charge < -0.3 is 18.9 Å². The Balaban J connectivity index is 1.49. The third kappa shape index (κ3) is 4.26. The predicted octanol–water partition coefficient (Wildman–Crippen LogP) is 6.00. The van der Waals surface area contributed by atoms with Gasteiger partial charge in [0.1, 0.15) is 0 Å². The minimum atomic E-state index is -0.178. The number of hydrogen-bond donors (Lipinski definition) is 0.